The average molecular weight is 292 g/mol. The number of hydrogen-bond acceptors (Lipinski definition) is 6. The summed E-state index contributed by atoms with van der Waals surface area (Å²) in [4.78, 5) is 9.24. The number of aromatic nitrogens is 5. The summed E-state index contributed by atoms with van der Waals surface area (Å²) in [5, 5.41) is 13.1. The van der Waals surface area contributed by atoms with Crippen molar-refractivity contribution in [3.8, 4) is 0 Å². The molecule has 2 aromatic heterocycles. The molecule has 0 atom stereocenters. The average Bonchev–Trinajstić information content (AvgIpc) is 2.81. The van der Waals surface area contributed by atoms with Crippen LogP contribution in [0.3, 0.4) is 0 Å². The molecular weight excluding hydrogens is 272 g/mol. The minimum absolute atomic E-state index is 0.830. The molecule has 2 rings (SSSR count). The van der Waals surface area contributed by atoms with Gasteiger partial charge in [-0.25, -0.2) is 9.97 Å². The Morgan fingerprint density at radius 3 is 2.70 bits per heavy atom. The summed E-state index contributed by atoms with van der Waals surface area (Å²) in [6.45, 7) is 7.08. The normalized spacial score (nSPS) is 10.8. The molecule has 0 saturated heterocycles. The topological polar surface area (TPSA) is 68.5 Å². The highest BCUT2D eigenvalue weighted by atomic mass is 32.2. The Labute approximate surface area is 123 Å². The standard InChI is InChI=1S/C13H20N6S/c1-5-7-10-16-11(14-6-2)9(3)12(17-10)20-13-18-15-8-19(13)4/h8H,5-7H2,1-4H3,(H,14,16,17). The van der Waals surface area contributed by atoms with Crippen LogP contribution < -0.4 is 5.32 Å². The zero-order chi connectivity index (χ0) is 14.5. The molecule has 0 unspecified atom stereocenters. The van der Waals surface area contributed by atoms with Crippen molar-refractivity contribution < 1.29 is 0 Å². The lowest BCUT2D eigenvalue weighted by atomic mass is 10.3. The highest BCUT2D eigenvalue weighted by Crippen LogP contribution is 2.29. The van der Waals surface area contributed by atoms with Crippen molar-refractivity contribution in [3.63, 3.8) is 0 Å². The molecule has 0 aliphatic rings. The zero-order valence-electron chi connectivity index (χ0n) is 12.3. The van der Waals surface area contributed by atoms with Gasteiger partial charge in [0.15, 0.2) is 5.16 Å². The minimum Gasteiger partial charge on any atom is -0.370 e. The second kappa shape index (κ2) is 6.69. The largest absolute Gasteiger partial charge is 0.370 e. The van der Waals surface area contributed by atoms with Crippen molar-refractivity contribution >= 4 is 17.6 Å². The number of rotatable bonds is 6. The predicted octanol–water partition coefficient (Wildman–Crippen LogP) is 2.45. The maximum absolute atomic E-state index is 4.65. The molecule has 0 spiro atoms. The van der Waals surface area contributed by atoms with Gasteiger partial charge >= 0.3 is 0 Å². The van der Waals surface area contributed by atoms with E-state index in [1.165, 1.54) is 11.8 Å². The maximum atomic E-state index is 4.65. The Morgan fingerprint density at radius 2 is 2.10 bits per heavy atom. The third-order valence-corrected chi connectivity index (χ3v) is 3.97. The van der Waals surface area contributed by atoms with Gasteiger partial charge in [-0.15, -0.1) is 10.2 Å². The Kier molecular flexibility index (Phi) is 4.94. The van der Waals surface area contributed by atoms with Crippen molar-refractivity contribution in [2.75, 3.05) is 11.9 Å². The van der Waals surface area contributed by atoms with Gasteiger partial charge in [0.25, 0.3) is 0 Å². The molecule has 0 radical (unpaired) electrons. The molecular formula is C13H20N6S. The molecule has 0 fully saturated rings. The van der Waals surface area contributed by atoms with Crippen LogP contribution >= 0.6 is 11.8 Å². The number of nitrogens with zero attached hydrogens (tertiary/aromatic N) is 5. The number of aryl methyl sites for hydroxylation is 2. The summed E-state index contributed by atoms with van der Waals surface area (Å²) in [6.07, 6.45) is 3.60. The van der Waals surface area contributed by atoms with E-state index < -0.39 is 0 Å². The van der Waals surface area contributed by atoms with E-state index in [9.17, 15) is 0 Å². The van der Waals surface area contributed by atoms with Crippen molar-refractivity contribution in [1.29, 1.82) is 0 Å². The van der Waals surface area contributed by atoms with Crippen LogP contribution in [0, 0.1) is 6.92 Å². The third-order valence-electron chi connectivity index (χ3n) is 2.82. The Morgan fingerprint density at radius 1 is 1.30 bits per heavy atom. The van der Waals surface area contributed by atoms with Crippen LogP contribution in [0.4, 0.5) is 5.82 Å². The van der Waals surface area contributed by atoms with Gasteiger partial charge in [0.2, 0.25) is 0 Å². The first-order valence-corrected chi connectivity index (χ1v) is 7.60. The minimum atomic E-state index is 0.830. The van der Waals surface area contributed by atoms with Crippen LogP contribution in [-0.4, -0.2) is 31.3 Å². The fourth-order valence-electron chi connectivity index (χ4n) is 1.77. The van der Waals surface area contributed by atoms with Gasteiger partial charge in [-0.05, 0) is 32.0 Å². The Hall–Kier alpha value is -1.63. The molecule has 20 heavy (non-hydrogen) atoms. The second-order valence-corrected chi connectivity index (χ2v) is 5.48. The van der Waals surface area contributed by atoms with E-state index in [0.717, 1.165) is 46.8 Å². The van der Waals surface area contributed by atoms with Crippen molar-refractivity contribution in [2.24, 2.45) is 7.05 Å². The van der Waals surface area contributed by atoms with E-state index in [1.807, 2.05) is 18.5 Å². The van der Waals surface area contributed by atoms with Gasteiger partial charge in [0, 0.05) is 25.6 Å². The predicted molar refractivity (Wildman–Crippen MR) is 80.1 cm³/mol. The van der Waals surface area contributed by atoms with E-state index >= 15 is 0 Å². The fraction of sp³-hybridized carbons (Fsp3) is 0.538. The van der Waals surface area contributed by atoms with Gasteiger partial charge in [-0.2, -0.15) is 0 Å². The van der Waals surface area contributed by atoms with Crippen molar-refractivity contribution in [3.05, 3.63) is 17.7 Å². The molecule has 0 amide bonds. The smallest absolute Gasteiger partial charge is 0.197 e. The van der Waals surface area contributed by atoms with E-state index in [1.54, 1.807) is 6.33 Å². The molecule has 108 valence electrons. The van der Waals surface area contributed by atoms with Crippen LogP contribution in [0.15, 0.2) is 16.5 Å². The van der Waals surface area contributed by atoms with E-state index in [0.29, 0.717) is 0 Å². The third kappa shape index (κ3) is 3.27. The molecule has 0 aromatic carbocycles. The summed E-state index contributed by atoms with van der Waals surface area (Å²) >= 11 is 1.53. The summed E-state index contributed by atoms with van der Waals surface area (Å²) in [7, 11) is 1.93. The molecule has 0 aliphatic heterocycles. The van der Waals surface area contributed by atoms with Crippen LogP contribution in [-0.2, 0) is 13.5 Å². The van der Waals surface area contributed by atoms with E-state index in [4.69, 9.17) is 0 Å². The van der Waals surface area contributed by atoms with Gasteiger partial charge in [0.1, 0.15) is 23.0 Å². The lowest BCUT2D eigenvalue weighted by molar-refractivity contribution is 0.777. The number of hydrogen-bond donors (Lipinski definition) is 1. The molecule has 1 N–H and O–H groups in total. The highest BCUT2D eigenvalue weighted by Gasteiger charge is 2.13. The van der Waals surface area contributed by atoms with Gasteiger partial charge in [-0.3, -0.25) is 0 Å². The first kappa shape index (κ1) is 14.8. The fourth-order valence-corrected chi connectivity index (χ4v) is 2.62. The quantitative estimate of drug-likeness (QED) is 0.825. The van der Waals surface area contributed by atoms with Crippen molar-refractivity contribution in [2.45, 2.75) is 43.8 Å². The molecule has 2 aromatic rings. The van der Waals surface area contributed by atoms with Crippen molar-refractivity contribution in [1.82, 2.24) is 24.7 Å². The summed E-state index contributed by atoms with van der Waals surface area (Å²) in [6, 6.07) is 0. The first-order chi connectivity index (χ1) is 9.65. The van der Waals surface area contributed by atoms with E-state index in [2.05, 4.69) is 39.3 Å². The Bertz CT molecular complexity index is 580. The molecule has 0 saturated carbocycles. The molecule has 0 bridgehead atoms. The summed E-state index contributed by atoms with van der Waals surface area (Å²) in [5.74, 6) is 1.79. The van der Waals surface area contributed by atoms with Crippen LogP contribution in [0.2, 0.25) is 0 Å². The summed E-state index contributed by atoms with van der Waals surface area (Å²) in [5.41, 5.74) is 1.06. The molecule has 6 nitrogen and oxygen atoms in total. The maximum Gasteiger partial charge on any atom is 0.197 e. The first-order valence-electron chi connectivity index (χ1n) is 6.78. The highest BCUT2D eigenvalue weighted by molar-refractivity contribution is 7.99. The van der Waals surface area contributed by atoms with Gasteiger partial charge < -0.3 is 9.88 Å². The lowest BCUT2D eigenvalue weighted by Crippen LogP contribution is -2.07. The lowest BCUT2D eigenvalue weighted by Gasteiger charge is -2.12. The SMILES string of the molecule is CCCc1nc(NCC)c(C)c(Sc2nncn2C)n1. The van der Waals surface area contributed by atoms with Crippen LogP contribution in [0.5, 0.6) is 0 Å². The number of nitrogens with one attached hydrogen (secondary N) is 1. The Balaban J connectivity index is 2.37. The molecule has 7 heteroatoms. The monoisotopic (exact) mass is 292 g/mol. The zero-order valence-corrected chi connectivity index (χ0v) is 13.2. The molecule has 2 heterocycles. The second-order valence-electron chi connectivity index (χ2n) is 4.53. The van der Waals surface area contributed by atoms with Crippen LogP contribution in [0.25, 0.3) is 0 Å². The molecule has 0 aliphatic carbocycles. The number of anilines is 1. The van der Waals surface area contributed by atoms with Gasteiger partial charge in [-0.1, -0.05) is 6.92 Å². The van der Waals surface area contributed by atoms with E-state index in [-0.39, 0.29) is 0 Å². The summed E-state index contributed by atoms with van der Waals surface area (Å²) < 4.78 is 1.89. The van der Waals surface area contributed by atoms with Gasteiger partial charge in [0.05, 0.1) is 0 Å². The van der Waals surface area contributed by atoms with Crippen LogP contribution in [0.1, 0.15) is 31.7 Å².